The van der Waals surface area contributed by atoms with Gasteiger partial charge in [0.15, 0.2) is 11.5 Å². The van der Waals surface area contributed by atoms with Crippen LogP contribution in [-0.4, -0.2) is 52.4 Å². The number of carbonyl (C=O) groups is 1. The van der Waals surface area contributed by atoms with Crippen LogP contribution in [0.25, 0.3) is 0 Å². The largest absolute Gasteiger partial charge is 0.497 e. The molecule has 0 saturated carbocycles. The number of hydrogen-bond acceptors (Lipinski definition) is 6. The van der Waals surface area contributed by atoms with Gasteiger partial charge in [-0.25, -0.2) is 0 Å². The Bertz CT molecular complexity index is 806. The molecule has 0 N–H and O–H groups in total. The standard InChI is InChI=1S/C23H29NO5/c1-26-19-7-5-17(6-8-19)13-21-20-15-23(28-3)22(27-2)14-18(20)9-11-24(21)10-4-12-29-16-25/h5-8,14-16,21H,4,9-13H2,1-3H3. The molecule has 1 atom stereocenters. The summed E-state index contributed by atoms with van der Waals surface area (Å²) in [5.74, 6) is 2.37. The van der Waals surface area contributed by atoms with Crippen LogP contribution in [0.4, 0.5) is 0 Å². The Hall–Kier alpha value is -2.73. The van der Waals surface area contributed by atoms with Crippen molar-refractivity contribution in [1.29, 1.82) is 0 Å². The van der Waals surface area contributed by atoms with Crippen molar-refractivity contribution in [1.82, 2.24) is 4.90 Å². The predicted octanol–water partition coefficient (Wildman–Crippen LogP) is 3.42. The highest BCUT2D eigenvalue weighted by Gasteiger charge is 2.29. The normalized spacial score (nSPS) is 16.0. The van der Waals surface area contributed by atoms with E-state index in [0.717, 1.165) is 49.6 Å². The van der Waals surface area contributed by atoms with Crippen LogP contribution in [0, 0.1) is 0 Å². The zero-order chi connectivity index (χ0) is 20.6. The summed E-state index contributed by atoms with van der Waals surface area (Å²) < 4.78 is 21.2. The van der Waals surface area contributed by atoms with Gasteiger partial charge in [-0.15, -0.1) is 0 Å². The Labute approximate surface area is 172 Å². The summed E-state index contributed by atoms with van der Waals surface area (Å²) in [6.45, 7) is 2.76. The number of hydrogen-bond donors (Lipinski definition) is 0. The Morgan fingerprint density at radius 1 is 1.03 bits per heavy atom. The summed E-state index contributed by atoms with van der Waals surface area (Å²) in [6, 6.07) is 12.6. The van der Waals surface area contributed by atoms with Gasteiger partial charge in [-0.3, -0.25) is 9.69 Å². The minimum absolute atomic E-state index is 0.211. The summed E-state index contributed by atoms with van der Waals surface area (Å²) in [7, 11) is 5.01. The fourth-order valence-electron chi connectivity index (χ4n) is 3.97. The molecular weight excluding hydrogens is 370 g/mol. The number of ether oxygens (including phenoxy) is 4. The lowest BCUT2D eigenvalue weighted by atomic mass is 9.88. The van der Waals surface area contributed by atoms with Crippen molar-refractivity contribution >= 4 is 6.47 Å². The van der Waals surface area contributed by atoms with Crippen molar-refractivity contribution in [2.24, 2.45) is 0 Å². The predicted molar refractivity (Wildman–Crippen MR) is 111 cm³/mol. The molecule has 1 aliphatic heterocycles. The van der Waals surface area contributed by atoms with Gasteiger partial charge in [-0.1, -0.05) is 12.1 Å². The van der Waals surface area contributed by atoms with Crippen LogP contribution in [0.15, 0.2) is 36.4 Å². The first-order valence-electron chi connectivity index (χ1n) is 9.87. The Morgan fingerprint density at radius 3 is 2.41 bits per heavy atom. The fourth-order valence-corrected chi connectivity index (χ4v) is 3.97. The fraction of sp³-hybridized carbons (Fsp3) is 0.435. The molecule has 0 aromatic heterocycles. The van der Waals surface area contributed by atoms with E-state index < -0.39 is 0 Å². The van der Waals surface area contributed by atoms with Crippen molar-refractivity contribution in [2.45, 2.75) is 25.3 Å². The maximum Gasteiger partial charge on any atom is 0.293 e. The zero-order valence-electron chi connectivity index (χ0n) is 17.3. The maximum absolute atomic E-state index is 10.4. The number of benzene rings is 2. The molecule has 6 nitrogen and oxygen atoms in total. The second-order valence-electron chi connectivity index (χ2n) is 7.08. The van der Waals surface area contributed by atoms with Gasteiger partial charge in [0.05, 0.1) is 27.9 Å². The second-order valence-corrected chi connectivity index (χ2v) is 7.08. The number of nitrogens with zero attached hydrogens (tertiary/aromatic N) is 1. The van der Waals surface area contributed by atoms with Crippen LogP contribution in [0.2, 0.25) is 0 Å². The summed E-state index contributed by atoms with van der Waals surface area (Å²) in [4.78, 5) is 12.9. The quantitative estimate of drug-likeness (QED) is 0.451. The van der Waals surface area contributed by atoms with Gasteiger partial charge in [0.1, 0.15) is 5.75 Å². The average molecular weight is 399 g/mol. The number of carbonyl (C=O) groups excluding carboxylic acids is 1. The molecule has 0 bridgehead atoms. The van der Waals surface area contributed by atoms with Crippen LogP contribution in [-0.2, 0) is 22.4 Å². The molecule has 29 heavy (non-hydrogen) atoms. The SMILES string of the molecule is COc1ccc(CC2c3cc(OC)c(OC)cc3CCN2CCCOC=O)cc1. The highest BCUT2D eigenvalue weighted by molar-refractivity contribution is 5.50. The average Bonchev–Trinajstić information content (AvgIpc) is 2.77. The summed E-state index contributed by atoms with van der Waals surface area (Å²) >= 11 is 0. The topological polar surface area (TPSA) is 57.2 Å². The first kappa shape index (κ1) is 21.0. The molecule has 0 aliphatic carbocycles. The van der Waals surface area contributed by atoms with E-state index in [4.69, 9.17) is 18.9 Å². The van der Waals surface area contributed by atoms with Gasteiger partial charge in [-0.2, -0.15) is 0 Å². The smallest absolute Gasteiger partial charge is 0.293 e. The minimum Gasteiger partial charge on any atom is -0.497 e. The lowest BCUT2D eigenvalue weighted by Gasteiger charge is -2.38. The monoisotopic (exact) mass is 399 g/mol. The molecule has 2 aromatic rings. The van der Waals surface area contributed by atoms with Crippen molar-refractivity contribution in [3.8, 4) is 17.2 Å². The van der Waals surface area contributed by atoms with Crippen LogP contribution < -0.4 is 14.2 Å². The molecule has 0 radical (unpaired) electrons. The molecule has 0 spiro atoms. The molecule has 1 aliphatic rings. The highest BCUT2D eigenvalue weighted by atomic mass is 16.5. The third kappa shape index (κ3) is 5.01. The van der Waals surface area contributed by atoms with E-state index in [1.165, 1.54) is 16.7 Å². The number of rotatable bonds is 10. The van der Waals surface area contributed by atoms with Crippen molar-refractivity contribution in [2.75, 3.05) is 41.0 Å². The van der Waals surface area contributed by atoms with Gasteiger partial charge in [0, 0.05) is 19.1 Å². The Morgan fingerprint density at radius 2 is 1.76 bits per heavy atom. The van der Waals surface area contributed by atoms with Crippen molar-refractivity contribution < 1.29 is 23.7 Å². The Balaban J connectivity index is 1.89. The van der Waals surface area contributed by atoms with Gasteiger partial charge >= 0.3 is 0 Å². The van der Waals surface area contributed by atoms with E-state index in [1.54, 1.807) is 21.3 Å². The van der Waals surface area contributed by atoms with E-state index in [1.807, 2.05) is 12.1 Å². The molecule has 0 saturated heterocycles. The summed E-state index contributed by atoms with van der Waals surface area (Å²) in [6.07, 6.45) is 2.63. The van der Waals surface area contributed by atoms with E-state index in [-0.39, 0.29) is 6.04 Å². The van der Waals surface area contributed by atoms with E-state index in [9.17, 15) is 4.79 Å². The highest BCUT2D eigenvalue weighted by Crippen LogP contribution is 2.39. The molecular formula is C23H29NO5. The molecule has 1 unspecified atom stereocenters. The van der Waals surface area contributed by atoms with Gasteiger partial charge in [0.25, 0.3) is 6.47 Å². The van der Waals surface area contributed by atoms with Gasteiger partial charge in [-0.05, 0) is 60.2 Å². The lowest BCUT2D eigenvalue weighted by molar-refractivity contribution is -0.128. The second kappa shape index (κ2) is 10.2. The molecule has 156 valence electrons. The number of methoxy groups -OCH3 is 3. The zero-order valence-corrected chi connectivity index (χ0v) is 17.3. The summed E-state index contributed by atoms with van der Waals surface area (Å²) in [5, 5.41) is 0. The molecule has 1 heterocycles. The van der Waals surface area contributed by atoms with Crippen LogP contribution in [0.3, 0.4) is 0 Å². The van der Waals surface area contributed by atoms with Crippen molar-refractivity contribution in [3.05, 3.63) is 53.1 Å². The first-order chi connectivity index (χ1) is 14.2. The van der Waals surface area contributed by atoms with Crippen molar-refractivity contribution in [3.63, 3.8) is 0 Å². The van der Waals surface area contributed by atoms with Crippen LogP contribution in [0.5, 0.6) is 17.2 Å². The van der Waals surface area contributed by atoms with Crippen LogP contribution in [0.1, 0.15) is 29.2 Å². The minimum atomic E-state index is 0.211. The first-order valence-corrected chi connectivity index (χ1v) is 9.87. The number of fused-ring (bicyclic) bond motifs is 1. The van der Waals surface area contributed by atoms with E-state index in [2.05, 4.69) is 29.2 Å². The Kier molecular flexibility index (Phi) is 7.36. The third-order valence-corrected chi connectivity index (χ3v) is 5.48. The van der Waals surface area contributed by atoms with Gasteiger partial charge in [0.2, 0.25) is 0 Å². The van der Waals surface area contributed by atoms with E-state index >= 15 is 0 Å². The molecule has 0 amide bonds. The van der Waals surface area contributed by atoms with Crippen LogP contribution >= 0.6 is 0 Å². The summed E-state index contributed by atoms with van der Waals surface area (Å²) in [5.41, 5.74) is 3.80. The molecule has 0 fully saturated rings. The molecule has 3 rings (SSSR count). The molecule has 2 aromatic carbocycles. The van der Waals surface area contributed by atoms with Gasteiger partial charge < -0.3 is 18.9 Å². The lowest BCUT2D eigenvalue weighted by Crippen LogP contribution is -2.37. The molecule has 6 heteroatoms. The van der Waals surface area contributed by atoms with E-state index in [0.29, 0.717) is 13.1 Å². The third-order valence-electron chi connectivity index (χ3n) is 5.48. The maximum atomic E-state index is 10.4.